The fraction of sp³-hybridized carbons (Fsp3) is 0.154. The standard InChI is InChI=1S/C10H8.C3H6O.BrH/c1-2-6-10-8-4-3-7-9(10)5-1;1-2-3-4;/h1-8H;3H,2H2,1H3;1H. The van der Waals surface area contributed by atoms with Crippen LogP contribution in [0.5, 0.6) is 0 Å². The third-order valence-electron chi connectivity index (χ3n) is 1.83. The number of benzene rings is 2. The Morgan fingerprint density at radius 2 is 1.20 bits per heavy atom. The average Bonchev–Trinajstić information content (AvgIpc) is 2.30. The molecule has 0 amide bonds. The van der Waals surface area contributed by atoms with Gasteiger partial charge in [-0.2, -0.15) is 0 Å². The van der Waals surface area contributed by atoms with Crippen LogP contribution in [0.3, 0.4) is 0 Å². The van der Waals surface area contributed by atoms with E-state index in [0.717, 1.165) is 6.29 Å². The molecule has 0 saturated heterocycles. The SMILES string of the molecule is Br.CCC=O.c1ccc2ccccc2c1. The molecule has 0 aliphatic heterocycles. The summed E-state index contributed by atoms with van der Waals surface area (Å²) in [6.45, 7) is 1.81. The van der Waals surface area contributed by atoms with Gasteiger partial charge < -0.3 is 4.79 Å². The number of carbonyl (C=O) groups is 1. The summed E-state index contributed by atoms with van der Waals surface area (Å²) in [4.78, 5) is 9.17. The first-order chi connectivity index (χ1) is 6.88. The molecule has 1 nitrogen and oxygen atoms in total. The van der Waals surface area contributed by atoms with E-state index in [4.69, 9.17) is 0 Å². The Bertz CT molecular complexity index is 333. The van der Waals surface area contributed by atoms with Crippen molar-refractivity contribution in [2.75, 3.05) is 0 Å². The Kier molecular flexibility index (Phi) is 7.56. The van der Waals surface area contributed by atoms with Crippen LogP contribution in [0, 0.1) is 0 Å². The zero-order valence-corrected chi connectivity index (χ0v) is 10.4. The number of hydrogen-bond donors (Lipinski definition) is 0. The van der Waals surface area contributed by atoms with Crippen molar-refractivity contribution in [2.45, 2.75) is 13.3 Å². The van der Waals surface area contributed by atoms with Gasteiger partial charge in [-0.1, -0.05) is 55.5 Å². The molecule has 15 heavy (non-hydrogen) atoms. The van der Waals surface area contributed by atoms with E-state index in [1.807, 2.05) is 6.92 Å². The van der Waals surface area contributed by atoms with Gasteiger partial charge >= 0.3 is 0 Å². The minimum absolute atomic E-state index is 0. The van der Waals surface area contributed by atoms with Crippen LogP contribution < -0.4 is 0 Å². The van der Waals surface area contributed by atoms with Gasteiger partial charge in [-0.25, -0.2) is 0 Å². The summed E-state index contributed by atoms with van der Waals surface area (Å²) in [5.74, 6) is 0. The lowest BCUT2D eigenvalue weighted by molar-refractivity contribution is -0.107. The van der Waals surface area contributed by atoms with E-state index in [1.165, 1.54) is 10.8 Å². The molecule has 0 radical (unpaired) electrons. The van der Waals surface area contributed by atoms with Crippen LogP contribution in [0.25, 0.3) is 10.8 Å². The van der Waals surface area contributed by atoms with Crippen molar-refractivity contribution in [3.8, 4) is 0 Å². The summed E-state index contributed by atoms with van der Waals surface area (Å²) in [5, 5.41) is 2.62. The Balaban J connectivity index is 0.000000346. The van der Waals surface area contributed by atoms with Gasteiger partial charge in [0.15, 0.2) is 0 Å². The van der Waals surface area contributed by atoms with Crippen LogP contribution in [0.1, 0.15) is 13.3 Å². The zero-order chi connectivity index (χ0) is 10.2. The molecule has 0 aliphatic carbocycles. The van der Waals surface area contributed by atoms with E-state index in [-0.39, 0.29) is 17.0 Å². The first kappa shape index (κ1) is 13.8. The zero-order valence-electron chi connectivity index (χ0n) is 8.72. The number of hydrogen-bond acceptors (Lipinski definition) is 1. The number of rotatable bonds is 1. The van der Waals surface area contributed by atoms with Crippen LogP contribution in [0.2, 0.25) is 0 Å². The van der Waals surface area contributed by atoms with E-state index < -0.39 is 0 Å². The normalized spacial score (nSPS) is 8.33. The molecule has 0 heterocycles. The number of carbonyl (C=O) groups excluding carboxylic acids is 1. The molecule has 0 fully saturated rings. The Labute approximate surface area is 101 Å². The fourth-order valence-electron chi connectivity index (χ4n) is 1.13. The Morgan fingerprint density at radius 3 is 1.40 bits per heavy atom. The third kappa shape index (κ3) is 4.75. The van der Waals surface area contributed by atoms with Crippen molar-refractivity contribution in [1.82, 2.24) is 0 Å². The summed E-state index contributed by atoms with van der Waals surface area (Å²) < 4.78 is 0. The molecular weight excluding hydrogens is 252 g/mol. The summed E-state index contributed by atoms with van der Waals surface area (Å²) >= 11 is 0. The summed E-state index contributed by atoms with van der Waals surface area (Å²) in [6.07, 6.45) is 1.51. The van der Waals surface area contributed by atoms with Crippen molar-refractivity contribution in [1.29, 1.82) is 0 Å². The van der Waals surface area contributed by atoms with Crippen molar-refractivity contribution >= 4 is 34.0 Å². The van der Waals surface area contributed by atoms with E-state index in [2.05, 4.69) is 48.5 Å². The van der Waals surface area contributed by atoms with Crippen LogP contribution in [0.4, 0.5) is 0 Å². The van der Waals surface area contributed by atoms with Crippen molar-refractivity contribution in [2.24, 2.45) is 0 Å². The van der Waals surface area contributed by atoms with Gasteiger partial charge in [-0.15, -0.1) is 17.0 Å². The van der Waals surface area contributed by atoms with Crippen LogP contribution in [-0.4, -0.2) is 6.29 Å². The number of aldehydes is 1. The monoisotopic (exact) mass is 266 g/mol. The Morgan fingerprint density at radius 1 is 0.933 bits per heavy atom. The quantitative estimate of drug-likeness (QED) is 0.713. The Hall–Kier alpha value is -1.15. The van der Waals surface area contributed by atoms with Crippen molar-refractivity contribution in [3.05, 3.63) is 48.5 Å². The summed E-state index contributed by atoms with van der Waals surface area (Å²) in [7, 11) is 0. The largest absolute Gasteiger partial charge is 0.303 e. The second-order valence-corrected chi connectivity index (χ2v) is 2.92. The number of fused-ring (bicyclic) bond motifs is 1. The molecule has 2 aromatic carbocycles. The van der Waals surface area contributed by atoms with Gasteiger partial charge in [0, 0.05) is 6.42 Å². The van der Waals surface area contributed by atoms with Crippen molar-refractivity contribution in [3.63, 3.8) is 0 Å². The van der Waals surface area contributed by atoms with E-state index in [9.17, 15) is 4.79 Å². The van der Waals surface area contributed by atoms with Gasteiger partial charge in [0.2, 0.25) is 0 Å². The molecule has 0 saturated carbocycles. The van der Waals surface area contributed by atoms with Crippen LogP contribution >= 0.6 is 17.0 Å². The lowest BCUT2D eigenvalue weighted by Crippen LogP contribution is -1.67. The smallest absolute Gasteiger partial charge is 0.119 e. The molecular formula is C13H15BrO. The molecule has 0 spiro atoms. The summed E-state index contributed by atoms with van der Waals surface area (Å²) in [6, 6.07) is 16.7. The van der Waals surface area contributed by atoms with Crippen LogP contribution in [0.15, 0.2) is 48.5 Å². The van der Waals surface area contributed by atoms with Gasteiger partial charge in [0.05, 0.1) is 0 Å². The average molecular weight is 267 g/mol. The highest BCUT2D eigenvalue weighted by Crippen LogP contribution is 2.11. The molecule has 0 unspecified atom stereocenters. The van der Waals surface area contributed by atoms with Gasteiger partial charge in [0.25, 0.3) is 0 Å². The van der Waals surface area contributed by atoms with Crippen molar-refractivity contribution < 1.29 is 4.79 Å². The maximum atomic E-state index is 9.17. The minimum atomic E-state index is 0. The highest BCUT2D eigenvalue weighted by Gasteiger charge is 1.85. The lowest BCUT2D eigenvalue weighted by Gasteiger charge is -1.92. The molecule has 0 aromatic heterocycles. The highest BCUT2D eigenvalue weighted by molar-refractivity contribution is 8.93. The maximum absolute atomic E-state index is 9.17. The van der Waals surface area contributed by atoms with E-state index in [1.54, 1.807) is 0 Å². The molecule has 0 N–H and O–H groups in total. The predicted molar refractivity (Wildman–Crippen MR) is 70.6 cm³/mol. The highest BCUT2D eigenvalue weighted by atomic mass is 79.9. The topological polar surface area (TPSA) is 17.1 Å². The second-order valence-electron chi connectivity index (χ2n) is 2.92. The van der Waals surface area contributed by atoms with E-state index in [0.29, 0.717) is 6.42 Å². The molecule has 80 valence electrons. The van der Waals surface area contributed by atoms with Gasteiger partial charge in [0.1, 0.15) is 6.29 Å². The predicted octanol–water partition coefficient (Wildman–Crippen LogP) is 4.01. The van der Waals surface area contributed by atoms with Gasteiger partial charge in [-0.3, -0.25) is 0 Å². The minimum Gasteiger partial charge on any atom is -0.303 e. The first-order valence-corrected chi connectivity index (χ1v) is 4.76. The van der Waals surface area contributed by atoms with Gasteiger partial charge in [-0.05, 0) is 10.8 Å². The third-order valence-corrected chi connectivity index (χ3v) is 1.83. The van der Waals surface area contributed by atoms with E-state index >= 15 is 0 Å². The molecule has 2 heteroatoms. The molecule has 0 aliphatic rings. The fourth-order valence-corrected chi connectivity index (χ4v) is 1.13. The number of halogens is 1. The first-order valence-electron chi connectivity index (χ1n) is 4.76. The second kappa shape index (κ2) is 8.18. The molecule has 0 bridgehead atoms. The lowest BCUT2D eigenvalue weighted by atomic mass is 10.1. The molecule has 2 rings (SSSR count). The molecule has 2 aromatic rings. The molecule has 0 atom stereocenters. The van der Waals surface area contributed by atoms with Crippen LogP contribution in [-0.2, 0) is 4.79 Å². The maximum Gasteiger partial charge on any atom is 0.119 e. The summed E-state index contributed by atoms with van der Waals surface area (Å²) in [5.41, 5.74) is 0.